The monoisotopic (exact) mass is 387 g/mol. The van der Waals surface area contributed by atoms with Crippen molar-refractivity contribution < 1.29 is 17.6 Å². The van der Waals surface area contributed by atoms with Gasteiger partial charge in [0, 0.05) is 11.8 Å². The van der Waals surface area contributed by atoms with Gasteiger partial charge in [0.2, 0.25) is 0 Å². The summed E-state index contributed by atoms with van der Waals surface area (Å²) in [6.07, 6.45) is -1.41. The van der Waals surface area contributed by atoms with E-state index in [-0.39, 0.29) is 5.82 Å². The SMILES string of the molecule is Cc1nc2cc(F)ccc2n1-c1cncc(Nc2ccc(C(F)(F)F)cc2)n1. The first-order chi connectivity index (χ1) is 13.3. The van der Waals surface area contributed by atoms with Gasteiger partial charge in [-0.3, -0.25) is 9.55 Å². The molecule has 0 aliphatic carbocycles. The number of fused-ring (bicyclic) bond motifs is 1. The van der Waals surface area contributed by atoms with Crippen LogP contribution in [-0.2, 0) is 6.18 Å². The van der Waals surface area contributed by atoms with Crippen LogP contribution >= 0.6 is 0 Å². The van der Waals surface area contributed by atoms with Gasteiger partial charge in [0.05, 0.1) is 29.0 Å². The summed E-state index contributed by atoms with van der Waals surface area (Å²) in [7, 11) is 0. The van der Waals surface area contributed by atoms with Gasteiger partial charge in [-0.05, 0) is 43.3 Å². The Hall–Kier alpha value is -3.49. The minimum absolute atomic E-state index is 0.348. The van der Waals surface area contributed by atoms with E-state index < -0.39 is 11.7 Å². The minimum atomic E-state index is -4.39. The van der Waals surface area contributed by atoms with E-state index in [4.69, 9.17) is 0 Å². The van der Waals surface area contributed by atoms with E-state index in [1.54, 1.807) is 17.6 Å². The van der Waals surface area contributed by atoms with Crippen molar-refractivity contribution in [3.63, 3.8) is 0 Å². The van der Waals surface area contributed by atoms with Gasteiger partial charge in [0.15, 0.2) is 11.6 Å². The fourth-order valence-electron chi connectivity index (χ4n) is 2.88. The molecule has 9 heteroatoms. The maximum atomic E-state index is 13.4. The average molecular weight is 387 g/mol. The summed E-state index contributed by atoms with van der Waals surface area (Å²) in [5, 5.41) is 2.93. The highest BCUT2D eigenvalue weighted by Crippen LogP contribution is 2.30. The highest BCUT2D eigenvalue weighted by Gasteiger charge is 2.29. The molecule has 5 nitrogen and oxygen atoms in total. The summed E-state index contributed by atoms with van der Waals surface area (Å²) >= 11 is 0. The number of nitrogens with zero attached hydrogens (tertiary/aromatic N) is 4. The van der Waals surface area contributed by atoms with E-state index in [2.05, 4.69) is 20.3 Å². The van der Waals surface area contributed by atoms with Gasteiger partial charge in [-0.1, -0.05) is 0 Å². The summed E-state index contributed by atoms with van der Waals surface area (Å²) < 4.78 is 53.2. The van der Waals surface area contributed by atoms with Crippen LogP contribution in [0.4, 0.5) is 29.1 Å². The molecule has 4 rings (SSSR count). The second-order valence-electron chi connectivity index (χ2n) is 6.09. The van der Waals surface area contributed by atoms with E-state index in [0.29, 0.717) is 34.2 Å². The molecule has 0 aliphatic heterocycles. The molecule has 4 aromatic rings. The first-order valence-corrected chi connectivity index (χ1v) is 8.22. The molecule has 0 aliphatic rings. The van der Waals surface area contributed by atoms with Crippen molar-refractivity contribution in [3.05, 3.63) is 72.1 Å². The molecule has 0 saturated heterocycles. The summed E-state index contributed by atoms with van der Waals surface area (Å²) in [6, 6.07) is 8.87. The van der Waals surface area contributed by atoms with Gasteiger partial charge in [-0.15, -0.1) is 0 Å². The van der Waals surface area contributed by atoms with Gasteiger partial charge in [0.1, 0.15) is 11.6 Å². The molecule has 2 aromatic carbocycles. The Balaban J connectivity index is 1.66. The second-order valence-corrected chi connectivity index (χ2v) is 6.09. The summed E-state index contributed by atoms with van der Waals surface area (Å²) in [5.41, 5.74) is 0.861. The third-order valence-corrected chi connectivity index (χ3v) is 4.12. The molecule has 0 atom stereocenters. The number of alkyl halides is 3. The van der Waals surface area contributed by atoms with E-state index >= 15 is 0 Å². The van der Waals surface area contributed by atoms with Crippen molar-refractivity contribution in [2.75, 3.05) is 5.32 Å². The number of benzene rings is 2. The lowest BCUT2D eigenvalue weighted by atomic mass is 10.2. The van der Waals surface area contributed by atoms with Crippen LogP contribution in [0, 0.1) is 12.7 Å². The third-order valence-electron chi connectivity index (χ3n) is 4.12. The molecule has 2 heterocycles. The maximum absolute atomic E-state index is 13.4. The van der Waals surface area contributed by atoms with E-state index in [1.807, 2.05) is 0 Å². The lowest BCUT2D eigenvalue weighted by molar-refractivity contribution is -0.137. The van der Waals surface area contributed by atoms with Gasteiger partial charge in [-0.2, -0.15) is 13.2 Å². The van der Waals surface area contributed by atoms with Crippen molar-refractivity contribution in [1.29, 1.82) is 0 Å². The molecule has 142 valence electrons. The smallest absolute Gasteiger partial charge is 0.339 e. The van der Waals surface area contributed by atoms with Crippen molar-refractivity contribution in [1.82, 2.24) is 19.5 Å². The normalized spacial score (nSPS) is 11.8. The van der Waals surface area contributed by atoms with Gasteiger partial charge in [-0.25, -0.2) is 14.4 Å². The molecule has 0 saturated carbocycles. The number of rotatable bonds is 3. The highest BCUT2D eigenvalue weighted by atomic mass is 19.4. The van der Waals surface area contributed by atoms with Crippen molar-refractivity contribution in [3.8, 4) is 5.82 Å². The van der Waals surface area contributed by atoms with Crippen molar-refractivity contribution in [2.24, 2.45) is 0 Å². The Labute approximate surface area is 156 Å². The molecule has 2 aromatic heterocycles. The number of aromatic nitrogens is 4. The lowest BCUT2D eigenvalue weighted by Crippen LogP contribution is -2.05. The molecule has 28 heavy (non-hydrogen) atoms. The van der Waals surface area contributed by atoms with Crippen LogP contribution in [0.3, 0.4) is 0 Å². The largest absolute Gasteiger partial charge is 0.416 e. The quantitative estimate of drug-likeness (QED) is 0.501. The number of hydrogen-bond acceptors (Lipinski definition) is 4. The molecule has 0 fully saturated rings. The zero-order valence-electron chi connectivity index (χ0n) is 14.5. The Morgan fingerprint density at radius 3 is 2.43 bits per heavy atom. The van der Waals surface area contributed by atoms with Crippen LogP contribution < -0.4 is 5.32 Å². The van der Waals surface area contributed by atoms with Crippen molar-refractivity contribution in [2.45, 2.75) is 13.1 Å². The number of halogens is 4. The summed E-state index contributed by atoms with van der Waals surface area (Å²) in [4.78, 5) is 12.9. The highest BCUT2D eigenvalue weighted by molar-refractivity contribution is 5.78. The lowest BCUT2D eigenvalue weighted by Gasteiger charge is -2.11. The number of nitrogens with one attached hydrogen (secondary N) is 1. The summed E-state index contributed by atoms with van der Waals surface area (Å²) in [5.74, 6) is 1.01. The topological polar surface area (TPSA) is 55.6 Å². The fraction of sp³-hybridized carbons (Fsp3) is 0.105. The Morgan fingerprint density at radius 1 is 0.964 bits per heavy atom. The fourth-order valence-corrected chi connectivity index (χ4v) is 2.88. The van der Waals surface area contributed by atoms with Crippen LogP contribution in [0.25, 0.3) is 16.9 Å². The Kier molecular flexibility index (Phi) is 4.21. The molecule has 0 bridgehead atoms. The number of anilines is 2. The van der Waals surface area contributed by atoms with Crippen LogP contribution in [0.2, 0.25) is 0 Å². The van der Waals surface area contributed by atoms with Crippen LogP contribution in [0.1, 0.15) is 11.4 Å². The molecule has 0 amide bonds. The number of imidazole rings is 1. The standard InChI is InChI=1S/C19H13F4N5/c1-11-25-15-8-13(20)4-7-16(15)28(11)18-10-24-9-17(27-18)26-14-5-2-12(3-6-14)19(21,22)23/h2-10H,1H3,(H,26,27). The molecule has 1 N–H and O–H groups in total. The third kappa shape index (κ3) is 3.38. The first kappa shape index (κ1) is 17.9. The summed E-state index contributed by atoms with van der Waals surface area (Å²) in [6.45, 7) is 1.76. The molecular weight excluding hydrogens is 374 g/mol. The van der Waals surface area contributed by atoms with Gasteiger partial charge in [0.25, 0.3) is 0 Å². The molecular formula is C19H13F4N5. The first-order valence-electron chi connectivity index (χ1n) is 8.22. The van der Waals surface area contributed by atoms with Crippen molar-refractivity contribution >= 4 is 22.5 Å². The minimum Gasteiger partial charge on any atom is -0.339 e. The van der Waals surface area contributed by atoms with Crippen LogP contribution in [0.5, 0.6) is 0 Å². The van der Waals surface area contributed by atoms with Gasteiger partial charge >= 0.3 is 6.18 Å². The predicted molar refractivity (Wildman–Crippen MR) is 96.1 cm³/mol. The van der Waals surface area contributed by atoms with Gasteiger partial charge < -0.3 is 5.32 Å². The Morgan fingerprint density at radius 2 is 1.71 bits per heavy atom. The Bertz CT molecular complexity index is 1150. The van der Waals surface area contributed by atoms with Crippen LogP contribution in [0.15, 0.2) is 54.9 Å². The van der Waals surface area contributed by atoms with E-state index in [0.717, 1.165) is 12.1 Å². The zero-order valence-corrected chi connectivity index (χ0v) is 14.5. The zero-order chi connectivity index (χ0) is 19.9. The molecule has 0 radical (unpaired) electrons. The number of hydrogen-bond donors (Lipinski definition) is 1. The van der Waals surface area contributed by atoms with Crippen LogP contribution in [-0.4, -0.2) is 19.5 Å². The maximum Gasteiger partial charge on any atom is 0.416 e. The van der Waals surface area contributed by atoms with E-state index in [1.165, 1.54) is 36.7 Å². The molecule has 0 spiro atoms. The predicted octanol–water partition coefficient (Wildman–Crippen LogP) is 5.03. The number of aryl methyl sites for hydroxylation is 1. The average Bonchev–Trinajstić information content (AvgIpc) is 2.96. The second kappa shape index (κ2) is 6.59. The molecule has 0 unspecified atom stereocenters. The van der Waals surface area contributed by atoms with E-state index in [9.17, 15) is 17.6 Å².